The predicted octanol–water partition coefficient (Wildman–Crippen LogP) is 5.30. The Balaban J connectivity index is 0.00000127. The Bertz CT molecular complexity index is 2530. The van der Waals surface area contributed by atoms with Crippen molar-refractivity contribution in [2.75, 3.05) is 52.4 Å². The highest BCUT2D eigenvalue weighted by molar-refractivity contribution is 6.73. The van der Waals surface area contributed by atoms with Gasteiger partial charge in [-0.25, -0.2) is 4.79 Å². The third-order valence-electron chi connectivity index (χ3n) is 14.5. The van der Waals surface area contributed by atoms with Crippen LogP contribution in [-0.2, 0) is 20.6 Å². The monoisotopic (exact) mass is 945 g/mol. The number of halogens is 3. The number of amides is 1. The van der Waals surface area contributed by atoms with E-state index in [9.17, 15) is 42.8 Å². The number of hydrogen-bond acceptors (Lipinski definition) is 11. The molecule has 0 radical (unpaired) electrons. The van der Waals surface area contributed by atoms with Gasteiger partial charge in [-0.1, -0.05) is 63.8 Å². The van der Waals surface area contributed by atoms with Gasteiger partial charge in [0.05, 0.1) is 23.0 Å². The van der Waals surface area contributed by atoms with E-state index in [1.165, 1.54) is 29.2 Å². The Morgan fingerprint density at radius 3 is 2.15 bits per heavy atom. The lowest BCUT2D eigenvalue weighted by Crippen LogP contribution is -2.75. The van der Waals surface area contributed by atoms with Crippen molar-refractivity contribution in [1.82, 2.24) is 4.90 Å². The number of carbonyl (C=O) groups excluding carboxylic acids is 3. The summed E-state index contributed by atoms with van der Waals surface area (Å²) in [5.41, 5.74) is 4.13. The van der Waals surface area contributed by atoms with Gasteiger partial charge >= 0.3 is 12.3 Å². The van der Waals surface area contributed by atoms with Crippen LogP contribution in [0.25, 0.3) is 11.1 Å². The minimum Gasteiger partial charge on any atom is -0.858 e. The third-order valence-corrected chi connectivity index (χ3v) is 19.3. The number of hydrogen-bond donors (Lipinski definition) is 1. The summed E-state index contributed by atoms with van der Waals surface area (Å²) in [5.74, 6) is 4.48. The van der Waals surface area contributed by atoms with Crippen molar-refractivity contribution in [2.24, 2.45) is 11.8 Å². The van der Waals surface area contributed by atoms with Gasteiger partial charge in [-0.05, 0) is 54.9 Å². The molecule has 1 N–H and O–H groups in total. The minimum absolute atomic E-state index is 0.0451. The molecule has 1 amide bonds. The number of fused-ring (bicyclic) bond motifs is 7. The highest BCUT2D eigenvalue weighted by atomic mass is 28.4. The second kappa shape index (κ2) is 19.0. The molecule has 3 aromatic rings. The molecule has 1 aliphatic carbocycles. The van der Waals surface area contributed by atoms with Crippen LogP contribution in [0.15, 0.2) is 71.9 Å². The molecule has 0 unspecified atom stereocenters. The number of β-lactam (4-membered cyclic amide) rings is 1. The van der Waals surface area contributed by atoms with Crippen molar-refractivity contribution in [3.05, 3.63) is 98.7 Å². The first-order chi connectivity index (χ1) is 31.7. The zero-order chi connectivity index (χ0) is 48.6. The smallest absolute Gasteiger partial charge is 0.361 e. The van der Waals surface area contributed by atoms with Crippen molar-refractivity contribution < 1.29 is 65.6 Å². The van der Waals surface area contributed by atoms with E-state index < -0.39 is 37.4 Å². The number of nitrogens with one attached hydrogen (secondary N) is 1. The molecule has 356 valence electrons. The molecule has 0 saturated carbocycles. The molecule has 6 aliphatic rings. The third kappa shape index (κ3) is 9.90. The van der Waals surface area contributed by atoms with E-state index in [0.29, 0.717) is 28.0 Å². The van der Waals surface area contributed by atoms with Gasteiger partial charge in [0.1, 0.15) is 76.2 Å². The topological polar surface area (TPSA) is 195 Å². The van der Waals surface area contributed by atoms with Gasteiger partial charge in [0.25, 0.3) is 5.69 Å². The fourth-order valence-electron chi connectivity index (χ4n) is 10.7. The molecular formula is C48H54F3N5O10Si. The quantitative estimate of drug-likeness (QED) is 0.0156. The average Bonchev–Trinajstić information content (AvgIpc) is 3.71. The Labute approximate surface area is 387 Å². The number of ether oxygens (including phenoxy) is 2. The maximum absolute atomic E-state index is 14.0. The summed E-state index contributed by atoms with van der Waals surface area (Å²) in [4.78, 5) is 53.9. The van der Waals surface area contributed by atoms with Gasteiger partial charge < -0.3 is 43.4 Å². The SMILES string of the molecule is CC[Si](CC)(CC)O[C@H](C)[C@H]1C(=O)N2C(C(=O)Oc3ccc([N+](=O)[O-])cc3)=C(C#CCOc3cccc4c3-c3ccc(C[N+]56CC[N+](CC(=N)[O-])(CC5)CC6)cc3C4=O)[C@H](C)[C@H]12.[O-]C(F)(F)F. The van der Waals surface area contributed by atoms with Crippen LogP contribution in [0, 0.1) is 39.2 Å². The number of non-ortho nitro benzene ring substituents is 1. The predicted molar refractivity (Wildman–Crippen MR) is 237 cm³/mol. The summed E-state index contributed by atoms with van der Waals surface area (Å²) in [6, 6.07) is 19.1. The van der Waals surface area contributed by atoms with Gasteiger partial charge in [-0.15, -0.1) is 0 Å². The van der Waals surface area contributed by atoms with Gasteiger partial charge in [-0.2, -0.15) is 13.2 Å². The zero-order valence-electron chi connectivity index (χ0n) is 38.1. The van der Waals surface area contributed by atoms with Gasteiger partial charge in [-0.3, -0.25) is 19.7 Å². The first kappa shape index (κ1) is 49.0. The van der Waals surface area contributed by atoms with Crippen molar-refractivity contribution in [2.45, 2.75) is 77.8 Å². The van der Waals surface area contributed by atoms with Crippen LogP contribution in [-0.4, -0.2) is 122 Å². The number of benzene rings is 3. The van der Waals surface area contributed by atoms with Crippen molar-refractivity contribution in [3.63, 3.8) is 0 Å². The van der Waals surface area contributed by atoms with Gasteiger partial charge in [0.2, 0.25) is 5.91 Å². The number of rotatable bonds is 15. The normalized spacial score (nSPS) is 24.0. The van der Waals surface area contributed by atoms with Crippen molar-refractivity contribution in [1.29, 1.82) is 5.41 Å². The molecule has 4 saturated heterocycles. The molecule has 5 aliphatic heterocycles. The largest absolute Gasteiger partial charge is 0.858 e. The van der Waals surface area contributed by atoms with Crippen LogP contribution < -0.4 is 19.7 Å². The van der Waals surface area contributed by atoms with E-state index in [1.807, 2.05) is 38.1 Å². The maximum atomic E-state index is 14.0. The molecule has 3 aromatic carbocycles. The highest BCUT2D eigenvalue weighted by Crippen LogP contribution is 2.49. The van der Waals surface area contributed by atoms with E-state index in [4.69, 9.17) is 24.4 Å². The van der Waals surface area contributed by atoms with Crippen LogP contribution in [0.1, 0.15) is 56.1 Å². The van der Waals surface area contributed by atoms with E-state index >= 15 is 0 Å². The minimum atomic E-state index is -5.25. The summed E-state index contributed by atoms with van der Waals surface area (Å²) in [5, 5.41) is 38.5. The number of ketones is 1. The Kier molecular flexibility index (Phi) is 13.9. The summed E-state index contributed by atoms with van der Waals surface area (Å²) < 4.78 is 49.8. The van der Waals surface area contributed by atoms with E-state index in [1.54, 1.807) is 6.07 Å². The zero-order valence-corrected chi connectivity index (χ0v) is 39.1. The number of carbonyl (C=O) groups is 3. The molecule has 67 heavy (non-hydrogen) atoms. The van der Waals surface area contributed by atoms with Crippen molar-refractivity contribution >= 4 is 37.6 Å². The maximum Gasteiger partial charge on any atom is 0.361 e. The fraction of sp³-hybridized carbons (Fsp3) is 0.458. The number of nitro groups is 1. The first-order valence-electron chi connectivity index (χ1n) is 22.5. The highest BCUT2D eigenvalue weighted by Gasteiger charge is 2.61. The van der Waals surface area contributed by atoms with E-state index in [-0.39, 0.29) is 60.0 Å². The van der Waals surface area contributed by atoms with E-state index in [2.05, 4.69) is 38.7 Å². The van der Waals surface area contributed by atoms with Gasteiger partial charge in [0.15, 0.2) is 14.1 Å². The Morgan fingerprint density at radius 2 is 1.57 bits per heavy atom. The number of alkyl halides is 3. The number of nitrogens with zero attached hydrogens (tertiary/aromatic N) is 4. The molecule has 4 atom stereocenters. The lowest BCUT2D eigenvalue weighted by molar-refractivity contribution is -1.08. The second-order valence-electron chi connectivity index (χ2n) is 18.2. The van der Waals surface area contributed by atoms with Crippen LogP contribution in [0.4, 0.5) is 18.9 Å². The van der Waals surface area contributed by atoms with Crippen LogP contribution in [0.3, 0.4) is 0 Å². The van der Waals surface area contributed by atoms with Crippen LogP contribution in [0.5, 0.6) is 11.5 Å². The molecule has 15 nitrogen and oxygen atoms in total. The molecule has 0 aromatic heterocycles. The molecule has 5 heterocycles. The summed E-state index contributed by atoms with van der Waals surface area (Å²) in [7, 11) is -2.06. The molecule has 4 fully saturated rings. The van der Waals surface area contributed by atoms with Crippen molar-refractivity contribution in [3.8, 4) is 34.5 Å². The summed E-state index contributed by atoms with van der Waals surface area (Å²) in [6.45, 7) is 16.8. The second-order valence-corrected chi connectivity index (χ2v) is 22.9. The number of quaternary nitrogens is 2. The summed E-state index contributed by atoms with van der Waals surface area (Å²) >= 11 is 0. The first-order valence-corrected chi connectivity index (χ1v) is 25.1. The molecule has 2 bridgehead atoms. The molecule has 0 spiro atoms. The van der Waals surface area contributed by atoms with E-state index in [0.717, 1.165) is 84.0 Å². The Morgan fingerprint density at radius 1 is 0.955 bits per heavy atom. The average molecular weight is 946 g/mol. The standard InChI is InChI=1S/C47H54N5O9Si.CF3O/c1-6-62(7-2,8-3)61-31(5)41-43-30(4)35(44(49(43)46(41)55)47(56)60-34-17-15-33(16-18-34)50(57)58)12-10-26-59-39-13-9-11-37-42(39)36-19-14-32(27-38(36)45(37)54)28-51-20-23-52(24-21-51,25-22-51)29-40(48)53;2-1(3,4)5/h9,11,13-19,27,30-31,41,43H,6-8,20-26,28-29H2,1-5H3,(H-,48,53);/q+1;-1/t30-,31+,41+,43+,51?,52?;/m0./s1. The number of esters is 1. The van der Waals surface area contributed by atoms with Gasteiger partial charge in [0, 0.05) is 51.8 Å². The Hall–Kier alpha value is -5.91. The fourth-order valence-corrected chi connectivity index (χ4v) is 13.6. The number of nitro benzene ring substituents is 1. The molecular weight excluding hydrogens is 892 g/mol. The molecule has 19 heteroatoms. The number of piperazine rings is 3. The van der Waals surface area contributed by atoms with Crippen LogP contribution >= 0.6 is 0 Å². The summed E-state index contributed by atoms with van der Waals surface area (Å²) in [6.07, 6.45) is -5.61. The lowest BCUT2D eigenvalue weighted by Gasteiger charge is -2.56. The molecule has 9 rings (SSSR count). The lowest BCUT2D eigenvalue weighted by atomic mass is 9.78. The van der Waals surface area contributed by atoms with Crippen LogP contribution in [0.2, 0.25) is 18.1 Å².